The third kappa shape index (κ3) is 10.4. The largest absolute Gasteiger partial charge is 0.494 e. The quantitative estimate of drug-likeness (QED) is 0.0372. The second kappa shape index (κ2) is 16.9. The van der Waals surface area contributed by atoms with Crippen LogP contribution in [0.1, 0.15) is 59.2 Å². The summed E-state index contributed by atoms with van der Waals surface area (Å²) in [6.07, 6.45) is 6.05. The summed E-state index contributed by atoms with van der Waals surface area (Å²) in [5, 5.41) is 21.5. The summed E-state index contributed by atoms with van der Waals surface area (Å²) >= 11 is 0. The van der Waals surface area contributed by atoms with E-state index in [9.17, 15) is 29.8 Å². The fraction of sp³-hybridized carbons (Fsp3) is 0.235. The molecule has 4 aromatic carbocycles. The summed E-state index contributed by atoms with van der Waals surface area (Å²) in [5.74, 6) is 0.824. The molecule has 12 nitrogen and oxygen atoms in total. The maximum absolute atomic E-state index is 12.2. The van der Waals surface area contributed by atoms with Crippen LogP contribution in [0, 0.1) is 20.2 Å². The molecule has 0 radical (unpaired) electrons. The zero-order valence-electron chi connectivity index (χ0n) is 24.9. The number of carbonyl (C=O) groups is 2. The zero-order valence-corrected chi connectivity index (χ0v) is 24.9. The van der Waals surface area contributed by atoms with E-state index in [-0.39, 0.29) is 22.5 Å². The minimum Gasteiger partial charge on any atom is -0.494 e. The van der Waals surface area contributed by atoms with Gasteiger partial charge in [-0.1, -0.05) is 25.7 Å². The van der Waals surface area contributed by atoms with Crippen LogP contribution in [0.3, 0.4) is 0 Å². The fourth-order valence-corrected chi connectivity index (χ4v) is 4.27. The van der Waals surface area contributed by atoms with Gasteiger partial charge in [0, 0.05) is 24.3 Å². The van der Waals surface area contributed by atoms with Gasteiger partial charge in [-0.25, -0.2) is 9.59 Å². The number of hydrogen-bond donors (Lipinski definition) is 0. The molecule has 4 rings (SSSR count). The van der Waals surface area contributed by atoms with Crippen molar-refractivity contribution in [3.05, 3.63) is 128 Å². The van der Waals surface area contributed by atoms with Crippen molar-refractivity contribution in [3.8, 4) is 23.0 Å². The second-order valence-electron chi connectivity index (χ2n) is 10.1. The highest BCUT2D eigenvalue weighted by Gasteiger charge is 2.13. The van der Waals surface area contributed by atoms with Crippen molar-refractivity contribution >= 4 is 23.3 Å². The smallest absolute Gasteiger partial charge is 0.343 e. The molecule has 0 aromatic heterocycles. The molecule has 12 heteroatoms. The lowest BCUT2D eigenvalue weighted by Crippen LogP contribution is -2.08. The van der Waals surface area contributed by atoms with Crippen LogP contribution in [0.15, 0.2) is 97.1 Å². The molecular weight excluding hydrogens is 596 g/mol. The third-order valence-electron chi connectivity index (χ3n) is 6.77. The van der Waals surface area contributed by atoms with Gasteiger partial charge in [0.05, 0.1) is 34.2 Å². The monoisotopic (exact) mass is 628 g/mol. The predicted molar refractivity (Wildman–Crippen MR) is 168 cm³/mol. The number of ether oxygens (including phenoxy) is 4. The van der Waals surface area contributed by atoms with Gasteiger partial charge >= 0.3 is 11.9 Å². The number of nitro groups is 2. The number of carbonyl (C=O) groups excluding carboxylic acids is 2. The van der Waals surface area contributed by atoms with E-state index in [0.29, 0.717) is 36.2 Å². The van der Waals surface area contributed by atoms with Crippen LogP contribution in [0.2, 0.25) is 0 Å². The molecule has 0 aliphatic rings. The molecule has 0 unspecified atom stereocenters. The Morgan fingerprint density at radius 1 is 0.457 bits per heavy atom. The van der Waals surface area contributed by atoms with Crippen LogP contribution in [-0.4, -0.2) is 35.0 Å². The van der Waals surface area contributed by atoms with Gasteiger partial charge < -0.3 is 18.9 Å². The summed E-state index contributed by atoms with van der Waals surface area (Å²) in [7, 11) is 0. The normalized spacial score (nSPS) is 10.5. The summed E-state index contributed by atoms with van der Waals surface area (Å²) in [6, 6.07) is 23.8. The van der Waals surface area contributed by atoms with E-state index in [1.807, 2.05) is 0 Å². The number of esters is 2. The Hall–Kier alpha value is -5.78. The van der Waals surface area contributed by atoms with Gasteiger partial charge in [0.2, 0.25) is 0 Å². The molecule has 0 fully saturated rings. The zero-order chi connectivity index (χ0) is 32.7. The SMILES string of the molecule is O=C(Oc1ccc(OCCCCCCCCOc2ccc(OC(=O)c3ccc([N+](=O)[O-])cc3)cc2)cc1)c1ccc([N+](=O)[O-])cc1. The van der Waals surface area contributed by atoms with Crippen LogP contribution < -0.4 is 18.9 Å². The Morgan fingerprint density at radius 3 is 1.09 bits per heavy atom. The highest BCUT2D eigenvalue weighted by atomic mass is 16.6. The van der Waals surface area contributed by atoms with Crippen molar-refractivity contribution in [2.45, 2.75) is 38.5 Å². The van der Waals surface area contributed by atoms with Crippen LogP contribution in [0.5, 0.6) is 23.0 Å². The highest BCUT2D eigenvalue weighted by Crippen LogP contribution is 2.22. The lowest BCUT2D eigenvalue weighted by atomic mass is 10.1. The Labute approximate surface area is 264 Å². The molecule has 0 atom stereocenters. The van der Waals surface area contributed by atoms with E-state index in [4.69, 9.17) is 18.9 Å². The number of rotatable bonds is 17. The first-order valence-electron chi connectivity index (χ1n) is 14.7. The number of non-ortho nitro benzene ring substituents is 2. The van der Waals surface area contributed by atoms with Crippen molar-refractivity contribution in [1.29, 1.82) is 0 Å². The first-order chi connectivity index (χ1) is 22.3. The van der Waals surface area contributed by atoms with Gasteiger partial charge in [0.25, 0.3) is 11.4 Å². The highest BCUT2D eigenvalue weighted by molar-refractivity contribution is 5.91. The number of nitro benzene ring substituents is 2. The number of nitrogens with zero attached hydrogens (tertiary/aromatic N) is 2. The van der Waals surface area contributed by atoms with Crippen LogP contribution >= 0.6 is 0 Å². The van der Waals surface area contributed by atoms with Crippen LogP contribution in [0.4, 0.5) is 11.4 Å². The van der Waals surface area contributed by atoms with E-state index in [0.717, 1.165) is 38.5 Å². The van der Waals surface area contributed by atoms with Crippen molar-refractivity contribution in [2.75, 3.05) is 13.2 Å². The summed E-state index contributed by atoms with van der Waals surface area (Å²) in [5.41, 5.74) is 0.236. The average Bonchev–Trinajstić information content (AvgIpc) is 3.07. The van der Waals surface area contributed by atoms with Gasteiger partial charge in [0.1, 0.15) is 23.0 Å². The minimum absolute atomic E-state index is 0.0994. The molecule has 0 aliphatic heterocycles. The molecule has 238 valence electrons. The van der Waals surface area contributed by atoms with E-state index in [1.54, 1.807) is 48.5 Å². The van der Waals surface area contributed by atoms with Gasteiger partial charge in [-0.05, 0) is 85.6 Å². The maximum Gasteiger partial charge on any atom is 0.343 e. The molecule has 0 saturated heterocycles. The van der Waals surface area contributed by atoms with E-state index in [2.05, 4.69) is 0 Å². The molecule has 0 heterocycles. The first kappa shape index (κ1) is 33.1. The summed E-state index contributed by atoms with van der Waals surface area (Å²) in [6.45, 7) is 1.15. The number of benzene rings is 4. The fourth-order valence-electron chi connectivity index (χ4n) is 4.27. The summed E-state index contributed by atoms with van der Waals surface area (Å²) < 4.78 is 22.2. The van der Waals surface area contributed by atoms with Gasteiger partial charge in [-0.15, -0.1) is 0 Å². The Balaban J connectivity index is 1.02. The van der Waals surface area contributed by atoms with Crippen LogP contribution in [0.25, 0.3) is 0 Å². The maximum atomic E-state index is 12.2. The number of unbranched alkanes of at least 4 members (excludes halogenated alkanes) is 5. The molecule has 0 N–H and O–H groups in total. The van der Waals surface area contributed by atoms with Crippen LogP contribution in [-0.2, 0) is 0 Å². The molecule has 0 spiro atoms. The molecular formula is C34H32N2O10. The molecule has 0 amide bonds. The van der Waals surface area contributed by atoms with Crippen molar-refractivity contribution in [3.63, 3.8) is 0 Å². The Morgan fingerprint density at radius 2 is 0.761 bits per heavy atom. The second-order valence-corrected chi connectivity index (χ2v) is 10.1. The Kier molecular flexibility index (Phi) is 12.2. The molecule has 4 aromatic rings. The van der Waals surface area contributed by atoms with Gasteiger partial charge in [0.15, 0.2) is 0 Å². The topological polar surface area (TPSA) is 157 Å². The summed E-state index contributed by atoms with van der Waals surface area (Å²) in [4.78, 5) is 44.9. The van der Waals surface area contributed by atoms with Gasteiger partial charge in [-0.2, -0.15) is 0 Å². The van der Waals surface area contributed by atoms with Crippen molar-refractivity contribution in [2.24, 2.45) is 0 Å². The van der Waals surface area contributed by atoms with Gasteiger partial charge in [-0.3, -0.25) is 20.2 Å². The van der Waals surface area contributed by atoms with E-state index >= 15 is 0 Å². The van der Waals surface area contributed by atoms with Crippen molar-refractivity contribution < 1.29 is 38.4 Å². The Bertz CT molecular complexity index is 1480. The van der Waals surface area contributed by atoms with E-state index in [1.165, 1.54) is 48.5 Å². The standard InChI is InChI=1S/C34H32N2O10/c37-33(25-7-11-27(12-8-25)35(39)40)45-31-19-15-29(16-20-31)43-23-5-3-1-2-4-6-24-44-30-17-21-32(22-18-30)46-34(38)26-9-13-28(14-10-26)36(41)42/h7-22H,1-6,23-24H2. The molecule has 0 bridgehead atoms. The lowest BCUT2D eigenvalue weighted by Gasteiger charge is -2.09. The predicted octanol–water partition coefficient (Wildman–Crippen LogP) is 7.74. The van der Waals surface area contributed by atoms with Crippen molar-refractivity contribution in [1.82, 2.24) is 0 Å². The third-order valence-corrected chi connectivity index (χ3v) is 6.77. The van der Waals surface area contributed by atoms with E-state index < -0.39 is 21.8 Å². The molecule has 0 saturated carbocycles. The average molecular weight is 629 g/mol. The number of hydrogen-bond acceptors (Lipinski definition) is 10. The molecule has 46 heavy (non-hydrogen) atoms. The molecule has 0 aliphatic carbocycles. The minimum atomic E-state index is -0.604. The first-order valence-corrected chi connectivity index (χ1v) is 14.7. The lowest BCUT2D eigenvalue weighted by molar-refractivity contribution is -0.385.